The first-order chi connectivity index (χ1) is 51.0. The molecule has 16 heteroatoms. The molecule has 0 radical (unpaired) electrons. The Hall–Kier alpha value is -11.5. The van der Waals surface area contributed by atoms with Crippen LogP contribution in [0.4, 0.5) is 0 Å². The highest BCUT2D eigenvalue weighted by Gasteiger charge is 2.01. The van der Waals surface area contributed by atoms with Crippen molar-refractivity contribution in [2.45, 2.75) is 166 Å². The molecule has 0 saturated heterocycles. The molecule has 0 bridgehead atoms. The molecule has 0 aliphatic carbocycles. The SMILES string of the molecule is CC.CC.CC.CC.CC.CC.CC.CC.Cc1ccnc2ncccc12.Cc1cncc2cccnc12.Cc1cncc2ccncc12.Cc1cncc2cnccc12.Cc1cncc2ncccc12.Cc1nccc2cccnc12.Cc1nccc2ccncc12.Cc1nccc2cnccc12. The molecule has 0 unspecified atom stereocenters. The first-order valence-corrected chi connectivity index (χ1v) is 36.2. The van der Waals surface area contributed by atoms with E-state index in [1.54, 1.807) is 74.4 Å². The molecule has 16 aromatic rings. The van der Waals surface area contributed by atoms with Crippen LogP contribution in [0.2, 0.25) is 0 Å². The van der Waals surface area contributed by atoms with Gasteiger partial charge in [-0.25, -0.2) is 9.97 Å². The van der Waals surface area contributed by atoms with E-state index in [0.29, 0.717) is 0 Å². The molecule has 0 amide bonds. The van der Waals surface area contributed by atoms with Crippen LogP contribution in [0.5, 0.6) is 0 Å². The van der Waals surface area contributed by atoms with E-state index in [1.807, 2.05) is 318 Å². The average molecular weight is 1390 g/mol. The minimum Gasteiger partial charge on any atom is -0.264 e. The van der Waals surface area contributed by atoms with Gasteiger partial charge in [0.05, 0.1) is 28.4 Å². The number of fused-ring (bicyclic) bond motifs is 8. The zero-order valence-corrected chi connectivity index (χ0v) is 66.2. The van der Waals surface area contributed by atoms with Gasteiger partial charge < -0.3 is 0 Å². The Labute approximate surface area is 620 Å². The zero-order chi connectivity index (χ0) is 77.5. The van der Waals surface area contributed by atoms with Gasteiger partial charge in [0.2, 0.25) is 0 Å². The molecule has 0 atom stereocenters. The molecule has 0 N–H and O–H groups in total. The molecule has 16 aromatic heterocycles. The van der Waals surface area contributed by atoms with Crippen molar-refractivity contribution in [3.8, 4) is 0 Å². The smallest absolute Gasteiger partial charge is 0.159 e. The molecule has 16 heterocycles. The Morgan fingerprint density at radius 1 is 0.183 bits per heavy atom. The highest BCUT2D eigenvalue weighted by molar-refractivity contribution is 5.86. The van der Waals surface area contributed by atoms with Crippen molar-refractivity contribution in [2.24, 2.45) is 0 Å². The lowest BCUT2D eigenvalue weighted by Crippen LogP contribution is -1.84. The number of pyridine rings is 16. The highest BCUT2D eigenvalue weighted by Crippen LogP contribution is 2.19. The quantitative estimate of drug-likeness (QED) is 0.138. The van der Waals surface area contributed by atoms with E-state index in [-0.39, 0.29) is 0 Å². The summed E-state index contributed by atoms with van der Waals surface area (Å²) in [4.78, 5) is 65.8. The van der Waals surface area contributed by atoms with Crippen LogP contribution in [-0.4, -0.2) is 79.7 Å². The molecule has 16 nitrogen and oxygen atoms in total. The second-order valence-electron chi connectivity index (χ2n) is 20.1. The first kappa shape index (κ1) is 90.5. The lowest BCUT2D eigenvalue weighted by Gasteiger charge is -1.97. The average Bonchev–Trinajstić information content (AvgIpc) is 0.963. The summed E-state index contributed by atoms with van der Waals surface area (Å²) in [6.45, 7) is 48.2. The predicted octanol–water partition coefficient (Wildman–Crippen LogP) is 23.7. The van der Waals surface area contributed by atoms with Crippen molar-refractivity contribution in [3.05, 3.63) is 291 Å². The maximum absolute atomic E-state index is 4.24. The molecule has 0 spiro atoms. The van der Waals surface area contributed by atoms with Crippen LogP contribution in [0.1, 0.15) is 156 Å². The van der Waals surface area contributed by atoms with E-state index < -0.39 is 0 Å². The van der Waals surface area contributed by atoms with E-state index in [4.69, 9.17) is 0 Å². The van der Waals surface area contributed by atoms with E-state index in [9.17, 15) is 0 Å². The molecule has 16 rings (SSSR count). The third-order valence-corrected chi connectivity index (χ3v) is 13.9. The summed E-state index contributed by atoms with van der Waals surface area (Å²) < 4.78 is 0. The Balaban J connectivity index is 0.000000578. The second kappa shape index (κ2) is 55.2. The largest absolute Gasteiger partial charge is 0.264 e. The van der Waals surface area contributed by atoms with Gasteiger partial charge in [-0.15, -0.1) is 0 Å². The Bertz CT molecular complexity index is 3950. The van der Waals surface area contributed by atoms with Crippen LogP contribution in [0.25, 0.3) is 86.8 Å². The van der Waals surface area contributed by atoms with Gasteiger partial charge in [0.25, 0.3) is 0 Å². The number of hydrogen-bond donors (Lipinski definition) is 0. The van der Waals surface area contributed by atoms with Crippen LogP contribution in [0.15, 0.2) is 246 Å². The molecule has 0 fully saturated rings. The summed E-state index contributed by atoms with van der Waals surface area (Å²) in [5.74, 6) is 0. The molecule has 0 aromatic carbocycles. The third kappa shape index (κ3) is 29.6. The summed E-state index contributed by atoms with van der Waals surface area (Å²) in [6.07, 6.45) is 43.6. The summed E-state index contributed by atoms with van der Waals surface area (Å²) in [5, 5.41) is 13.9. The van der Waals surface area contributed by atoms with E-state index in [0.717, 1.165) is 82.5 Å². The normalized spacial score (nSPS) is 9.15. The fraction of sp³-hybridized carbons (Fsp3) is 0.273. The Kier molecular flexibility index (Phi) is 48.0. The van der Waals surface area contributed by atoms with Gasteiger partial charge in [-0.1, -0.05) is 123 Å². The summed E-state index contributed by atoms with van der Waals surface area (Å²) in [7, 11) is 0. The molecule has 544 valence electrons. The van der Waals surface area contributed by atoms with Crippen molar-refractivity contribution in [2.75, 3.05) is 0 Å². The second-order valence-corrected chi connectivity index (χ2v) is 20.1. The van der Waals surface area contributed by atoms with Crippen molar-refractivity contribution in [1.29, 1.82) is 0 Å². The number of aryl methyl sites for hydroxylation is 8. The number of aromatic nitrogens is 16. The Morgan fingerprint density at radius 3 is 1.12 bits per heavy atom. The fourth-order valence-electron chi connectivity index (χ4n) is 9.18. The molecule has 0 saturated carbocycles. The van der Waals surface area contributed by atoms with Crippen molar-refractivity contribution in [3.63, 3.8) is 0 Å². The number of hydrogen-bond acceptors (Lipinski definition) is 16. The minimum atomic E-state index is 0.826. The lowest BCUT2D eigenvalue weighted by molar-refractivity contribution is 1.20. The minimum absolute atomic E-state index is 0.826. The molecule has 104 heavy (non-hydrogen) atoms. The molecular weight excluding hydrogens is 1280 g/mol. The van der Waals surface area contributed by atoms with Gasteiger partial charge in [-0.2, -0.15) is 0 Å². The molecular formula is C88H112N16. The van der Waals surface area contributed by atoms with E-state index >= 15 is 0 Å². The van der Waals surface area contributed by atoms with Gasteiger partial charge in [-0.05, 0) is 179 Å². The summed E-state index contributed by atoms with van der Waals surface area (Å²) >= 11 is 0. The number of nitrogens with zero attached hydrogens (tertiary/aromatic N) is 16. The topological polar surface area (TPSA) is 206 Å². The lowest BCUT2D eigenvalue weighted by atomic mass is 10.1. The van der Waals surface area contributed by atoms with Gasteiger partial charge in [0.1, 0.15) is 0 Å². The van der Waals surface area contributed by atoms with Gasteiger partial charge in [0, 0.05) is 208 Å². The summed E-state index contributed by atoms with van der Waals surface area (Å²) in [6, 6.07) is 31.7. The maximum atomic E-state index is 4.24. The maximum Gasteiger partial charge on any atom is 0.159 e. The monoisotopic (exact) mass is 1390 g/mol. The fourth-order valence-corrected chi connectivity index (χ4v) is 9.18. The van der Waals surface area contributed by atoms with Crippen LogP contribution < -0.4 is 0 Å². The zero-order valence-electron chi connectivity index (χ0n) is 66.2. The van der Waals surface area contributed by atoms with Crippen LogP contribution in [-0.2, 0) is 0 Å². The van der Waals surface area contributed by atoms with Crippen LogP contribution >= 0.6 is 0 Å². The number of rotatable bonds is 0. The molecule has 0 aliphatic rings. The predicted molar refractivity (Wildman–Crippen MR) is 445 cm³/mol. The van der Waals surface area contributed by atoms with Crippen molar-refractivity contribution < 1.29 is 0 Å². The van der Waals surface area contributed by atoms with Crippen LogP contribution in [0, 0.1) is 55.4 Å². The van der Waals surface area contributed by atoms with Crippen molar-refractivity contribution >= 4 is 86.8 Å². The first-order valence-electron chi connectivity index (χ1n) is 36.2. The van der Waals surface area contributed by atoms with Crippen LogP contribution in [0.3, 0.4) is 0 Å². The van der Waals surface area contributed by atoms with Crippen molar-refractivity contribution in [1.82, 2.24) is 79.7 Å². The Morgan fingerprint density at radius 2 is 0.558 bits per heavy atom. The standard InChI is InChI=1S/8C9H8N2.8C2H6/c1-7-9-3-4-10-6-8(9)2-5-11-7;1-7-9-6-10-4-2-8(9)3-5-11-7;1-7-4-11-6-8-5-10-3-2-9(7)8;1-7-4-11-5-8-2-3-10-6-9(7)8;1-7-9-8(4-6-10-7)3-2-5-11-9;1-7-4-6-11-9-8(7)3-2-5-10-9;1-7-5-10-6-9-8(7)3-2-4-11-9;1-7-5-10-6-8-3-2-4-11-9(7)8;8*1-2/h8*2-6H,1H3;8*1-2H3. The van der Waals surface area contributed by atoms with Gasteiger partial charge in [0.15, 0.2) is 5.65 Å². The third-order valence-electron chi connectivity index (χ3n) is 13.9. The van der Waals surface area contributed by atoms with E-state index in [2.05, 4.69) is 99.7 Å². The van der Waals surface area contributed by atoms with E-state index in [1.165, 1.54) is 49.2 Å². The van der Waals surface area contributed by atoms with Gasteiger partial charge in [-0.3, -0.25) is 69.8 Å². The summed E-state index contributed by atoms with van der Waals surface area (Å²) in [5.41, 5.74) is 12.8. The highest BCUT2D eigenvalue weighted by atomic mass is 14.8. The molecule has 0 aliphatic heterocycles. The van der Waals surface area contributed by atoms with Gasteiger partial charge >= 0.3 is 0 Å².